The van der Waals surface area contributed by atoms with Crippen molar-refractivity contribution in [3.8, 4) is 17.1 Å². The number of hydrogen-bond donors (Lipinski definition) is 0. The van der Waals surface area contributed by atoms with Gasteiger partial charge in [0.1, 0.15) is 22.7 Å². The van der Waals surface area contributed by atoms with Gasteiger partial charge in [-0.3, -0.25) is 4.79 Å². The maximum Gasteiger partial charge on any atom is 0.342 e. The number of hydrogen-bond acceptors (Lipinski definition) is 5. The van der Waals surface area contributed by atoms with E-state index in [0.29, 0.717) is 28.0 Å². The van der Waals surface area contributed by atoms with Crippen LogP contribution in [0.25, 0.3) is 22.3 Å². The molecule has 37 heavy (non-hydrogen) atoms. The first-order valence-electron chi connectivity index (χ1n) is 12.2. The van der Waals surface area contributed by atoms with Crippen molar-refractivity contribution in [1.29, 1.82) is 0 Å². The van der Waals surface area contributed by atoms with Crippen LogP contribution in [0.3, 0.4) is 0 Å². The van der Waals surface area contributed by atoms with Crippen molar-refractivity contribution in [3.05, 3.63) is 126 Å². The highest BCUT2D eigenvalue weighted by Crippen LogP contribution is 2.36. The topological polar surface area (TPSA) is 65.7 Å². The van der Waals surface area contributed by atoms with Gasteiger partial charge in [-0.15, -0.1) is 0 Å². The molecule has 1 aromatic heterocycles. The third-order valence-corrected chi connectivity index (χ3v) is 6.18. The highest BCUT2D eigenvalue weighted by Gasteiger charge is 2.25. The molecular formula is C32H26O5. The Balaban J connectivity index is 1.46. The van der Waals surface area contributed by atoms with Gasteiger partial charge in [0.05, 0.1) is 13.0 Å². The van der Waals surface area contributed by atoms with Crippen LogP contribution in [-0.4, -0.2) is 18.5 Å². The molecule has 0 aliphatic heterocycles. The number of fused-ring (bicyclic) bond motifs is 1. The van der Waals surface area contributed by atoms with Gasteiger partial charge in [0.15, 0.2) is 0 Å². The Labute approximate surface area is 215 Å². The van der Waals surface area contributed by atoms with E-state index >= 15 is 0 Å². The van der Waals surface area contributed by atoms with E-state index in [1.807, 2.05) is 91.0 Å². The molecule has 0 amide bonds. The lowest BCUT2D eigenvalue weighted by molar-refractivity contribution is -0.134. The van der Waals surface area contributed by atoms with Crippen LogP contribution in [0.4, 0.5) is 0 Å². The van der Waals surface area contributed by atoms with Crippen LogP contribution in [0.15, 0.2) is 114 Å². The molecule has 1 heterocycles. The molecule has 0 aliphatic rings. The quantitative estimate of drug-likeness (QED) is 0.167. The van der Waals surface area contributed by atoms with Crippen molar-refractivity contribution in [2.75, 3.05) is 6.61 Å². The Morgan fingerprint density at radius 3 is 1.97 bits per heavy atom. The number of carbonyl (C=O) groups is 2. The second-order valence-corrected chi connectivity index (χ2v) is 8.60. The van der Waals surface area contributed by atoms with Crippen LogP contribution in [0.1, 0.15) is 40.7 Å². The predicted octanol–water partition coefficient (Wildman–Crippen LogP) is 7.40. The molecule has 0 aliphatic carbocycles. The van der Waals surface area contributed by atoms with Crippen molar-refractivity contribution in [1.82, 2.24) is 0 Å². The van der Waals surface area contributed by atoms with Crippen LogP contribution in [-0.2, 0) is 9.53 Å². The summed E-state index contributed by atoms with van der Waals surface area (Å²) in [5.74, 6) is -0.250. The zero-order valence-corrected chi connectivity index (χ0v) is 20.4. The summed E-state index contributed by atoms with van der Waals surface area (Å²) >= 11 is 0. The summed E-state index contributed by atoms with van der Waals surface area (Å²) in [6.45, 7) is 1.99. The van der Waals surface area contributed by atoms with Gasteiger partial charge in [-0.25, -0.2) is 4.79 Å². The molecule has 4 aromatic carbocycles. The first-order valence-corrected chi connectivity index (χ1v) is 12.2. The van der Waals surface area contributed by atoms with E-state index in [1.54, 1.807) is 25.1 Å². The summed E-state index contributed by atoms with van der Waals surface area (Å²) in [5.41, 5.74) is 3.65. The second kappa shape index (κ2) is 11.0. The Kier molecular flexibility index (Phi) is 7.13. The van der Waals surface area contributed by atoms with Crippen molar-refractivity contribution < 1.29 is 23.5 Å². The molecule has 0 unspecified atom stereocenters. The third-order valence-electron chi connectivity index (χ3n) is 6.18. The Bertz CT molecular complexity index is 1470. The van der Waals surface area contributed by atoms with Crippen LogP contribution in [0.2, 0.25) is 0 Å². The van der Waals surface area contributed by atoms with E-state index in [-0.39, 0.29) is 24.9 Å². The van der Waals surface area contributed by atoms with Crippen molar-refractivity contribution in [2.45, 2.75) is 19.3 Å². The van der Waals surface area contributed by atoms with Crippen molar-refractivity contribution in [2.24, 2.45) is 0 Å². The molecule has 5 nitrogen and oxygen atoms in total. The molecule has 184 valence electrons. The molecule has 5 aromatic rings. The average Bonchev–Trinajstić information content (AvgIpc) is 3.32. The summed E-state index contributed by atoms with van der Waals surface area (Å²) in [6, 6.07) is 34.2. The molecule has 5 rings (SSSR count). The Hall–Kier alpha value is -4.64. The SMILES string of the molecule is CCOC(=O)c1c(-c2ccccc2)oc2ccc(OC(=O)CC(c3ccccc3)c3ccccc3)cc12. The molecule has 0 saturated heterocycles. The maximum atomic E-state index is 13.1. The van der Waals surface area contributed by atoms with E-state index in [9.17, 15) is 9.59 Å². The maximum absolute atomic E-state index is 13.1. The number of carbonyl (C=O) groups excluding carboxylic acids is 2. The molecule has 0 bridgehead atoms. The number of rotatable bonds is 8. The summed E-state index contributed by atoms with van der Waals surface area (Å²) in [7, 11) is 0. The van der Waals surface area contributed by atoms with Gasteiger partial charge in [-0.05, 0) is 36.2 Å². The highest BCUT2D eigenvalue weighted by molar-refractivity contribution is 6.09. The largest absolute Gasteiger partial charge is 0.462 e. The monoisotopic (exact) mass is 490 g/mol. The zero-order chi connectivity index (χ0) is 25.6. The van der Waals surface area contributed by atoms with Crippen molar-refractivity contribution >= 4 is 22.9 Å². The van der Waals surface area contributed by atoms with Crippen LogP contribution in [0, 0.1) is 0 Å². The molecule has 0 spiro atoms. The lowest BCUT2D eigenvalue weighted by Crippen LogP contribution is -2.14. The standard InChI is InChI=1S/C32H26O5/c1-2-35-32(34)30-27-20-25(18-19-28(27)37-31(30)24-16-10-5-11-17-24)36-29(33)21-26(22-12-6-3-7-13-22)23-14-8-4-9-15-23/h3-20,26H,2,21H2,1H3. The van der Waals surface area contributed by atoms with E-state index in [1.165, 1.54) is 0 Å². The van der Waals surface area contributed by atoms with Crippen LogP contribution in [0.5, 0.6) is 5.75 Å². The van der Waals surface area contributed by atoms with Crippen LogP contribution >= 0.6 is 0 Å². The fourth-order valence-corrected chi connectivity index (χ4v) is 4.48. The Morgan fingerprint density at radius 1 is 0.784 bits per heavy atom. The molecule has 0 saturated carbocycles. The van der Waals surface area contributed by atoms with Gasteiger partial charge in [-0.2, -0.15) is 0 Å². The van der Waals surface area contributed by atoms with Gasteiger partial charge < -0.3 is 13.9 Å². The molecule has 5 heteroatoms. The predicted molar refractivity (Wildman–Crippen MR) is 143 cm³/mol. The summed E-state index contributed by atoms with van der Waals surface area (Å²) in [5, 5.41) is 0.533. The highest BCUT2D eigenvalue weighted by atomic mass is 16.5. The van der Waals surface area contributed by atoms with E-state index in [4.69, 9.17) is 13.9 Å². The lowest BCUT2D eigenvalue weighted by atomic mass is 9.88. The summed E-state index contributed by atoms with van der Waals surface area (Å²) in [6.07, 6.45) is 0.164. The van der Waals surface area contributed by atoms with E-state index in [0.717, 1.165) is 16.7 Å². The van der Waals surface area contributed by atoms with Gasteiger partial charge >= 0.3 is 11.9 Å². The number of benzene rings is 4. The molecule has 0 atom stereocenters. The first-order chi connectivity index (χ1) is 18.1. The summed E-state index contributed by atoms with van der Waals surface area (Å²) in [4.78, 5) is 26.0. The minimum Gasteiger partial charge on any atom is -0.462 e. The number of ether oxygens (including phenoxy) is 2. The smallest absolute Gasteiger partial charge is 0.342 e. The third kappa shape index (κ3) is 5.31. The minimum absolute atomic E-state index is 0.146. The van der Waals surface area contributed by atoms with Crippen molar-refractivity contribution in [3.63, 3.8) is 0 Å². The van der Waals surface area contributed by atoms with Gasteiger partial charge in [-0.1, -0.05) is 91.0 Å². The van der Waals surface area contributed by atoms with Gasteiger partial charge in [0.2, 0.25) is 0 Å². The molecular weight excluding hydrogens is 464 g/mol. The normalized spacial score (nSPS) is 11.0. The molecule has 0 N–H and O–H groups in total. The van der Waals surface area contributed by atoms with Gasteiger partial charge in [0, 0.05) is 16.9 Å². The zero-order valence-electron chi connectivity index (χ0n) is 20.4. The Morgan fingerprint density at radius 2 is 1.38 bits per heavy atom. The first kappa shape index (κ1) is 24.1. The fourth-order valence-electron chi connectivity index (χ4n) is 4.48. The number of esters is 2. The average molecular weight is 491 g/mol. The van der Waals surface area contributed by atoms with E-state index < -0.39 is 5.97 Å². The second-order valence-electron chi connectivity index (χ2n) is 8.60. The fraction of sp³-hybridized carbons (Fsp3) is 0.125. The molecule has 0 radical (unpaired) electrons. The summed E-state index contributed by atoms with van der Waals surface area (Å²) < 4.78 is 17.1. The van der Waals surface area contributed by atoms with E-state index in [2.05, 4.69) is 0 Å². The molecule has 0 fully saturated rings. The van der Waals surface area contributed by atoms with Crippen LogP contribution < -0.4 is 4.74 Å². The van der Waals surface area contributed by atoms with Gasteiger partial charge in [0.25, 0.3) is 0 Å². The number of furan rings is 1. The lowest BCUT2D eigenvalue weighted by Gasteiger charge is -2.17. The minimum atomic E-state index is -0.489.